The van der Waals surface area contributed by atoms with Gasteiger partial charge in [-0.2, -0.15) is 0 Å². The number of rotatable bonds is 2. The number of hydrogen-bond donors (Lipinski definition) is 0. The SMILES string of the molecule is C#CCC(C)C(C)C. The largest absolute Gasteiger partial charge is 0.120 e. The highest BCUT2D eigenvalue weighted by atomic mass is 14.1. The van der Waals surface area contributed by atoms with Crippen LogP contribution in [0.2, 0.25) is 0 Å². The highest BCUT2D eigenvalue weighted by Gasteiger charge is 2.02. The Labute approximate surface area is 52.3 Å². The molecular weight excluding hydrogens is 96.1 g/mol. The smallest absolute Gasteiger partial charge is 0.0114 e. The Hall–Kier alpha value is -0.440. The molecule has 0 aromatic carbocycles. The molecule has 0 aromatic rings. The molecule has 0 aliphatic heterocycles. The van der Waals surface area contributed by atoms with Crippen LogP contribution in [0.1, 0.15) is 27.2 Å². The molecule has 8 heavy (non-hydrogen) atoms. The van der Waals surface area contributed by atoms with Crippen molar-refractivity contribution >= 4 is 0 Å². The van der Waals surface area contributed by atoms with Crippen LogP contribution in [-0.2, 0) is 0 Å². The molecule has 46 valence electrons. The van der Waals surface area contributed by atoms with Crippen molar-refractivity contribution in [2.75, 3.05) is 0 Å². The fraction of sp³-hybridized carbons (Fsp3) is 0.750. The summed E-state index contributed by atoms with van der Waals surface area (Å²) in [4.78, 5) is 0. The third-order valence-corrected chi connectivity index (χ3v) is 1.58. The van der Waals surface area contributed by atoms with E-state index in [2.05, 4.69) is 26.7 Å². The summed E-state index contributed by atoms with van der Waals surface area (Å²) in [5, 5.41) is 0. The van der Waals surface area contributed by atoms with Crippen LogP contribution in [0.3, 0.4) is 0 Å². The minimum absolute atomic E-state index is 0.681. The number of hydrogen-bond acceptors (Lipinski definition) is 0. The molecule has 1 unspecified atom stereocenters. The van der Waals surface area contributed by atoms with Crippen molar-refractivity contribution in [2.24, 2.45) is 11.8 Å². The van der Waals surface area contributed by atoms with Gasteiger partial charge >= 0.3 is 0 Å². The highest BCUT2D eigenvalue weighted by molar-refractivity contribution is 4.86. The van der Waals surface area contributed by atoms with E-state index in [1.54, 1.807) is 0 Å². The molecule has 0 heterocycles. The van der Waals surface area contributed by atoms with Crippen LogP contribution in [0.4, 0.5) is 0 Å². The normalized spacial score (nSPS) is 13.4. The van der Waals surface area contributed by atoms with Crippen LogP contribution in [0.5, 0.6) is 0 Å². The minimum atomic E-state index is 0.681. The summed E-state index contributed by atoms with van der Waals surface area (Å²) in [6, 6.07) is 0. The summed E-state index contributed by atoms with van der Waals surface area (Å²) >= 11 is 0. The first kappa shape index (κ1) is 7.56. The minimum Gasteiger partial charge on any atom is -0.120 e. The van der Waals surface area contributed by atoms with Crippen LogP contribution in [-0.4, -0.2) is 0 Å². The van der Waals surface area contributed by atoms with Crippen LogP contribution in [0, 0.1) is 24.2 Å². The Morgan fingerprint density at radius 3 is 2.00 bits per heavy atom. The summed E-state index contributed by atoms with van der Waals surface area (Å²) < 4.78 is 0. The zero-order chi connectivity index (χ0) is 6.57. The van der Waals surface area contributed by atoms with E-state index >= 15 is 0 Å². The van der Waals surface area contributed by atoms with Crippen molar-refractivity contribution in [1.29, 1.82) is 0 Å². The van der Waals surface area contributed by atoms with E-state index in [4.69, 9.17) is 6.42 Å². The molecule has 0 nitrogen and oxygen atoms in total. The Balaban J connectivity index is 3.35. The van der Waals surface area contributed by atoms with E-state index in [0.717, 1.165) is 12.3 Å². The number of terminal acetylenes is 1. The van der Waals surface area contributed by atoms with Gasteiger partial charge in [-0.25, -0.2) is 0 Å². The van der Waals surface area contributed by atoms with Gasteiger partial charge in [0.1, 0.15) is 0 Å². The Bertz CT molecular complexity index is 84.7. The van der Waals surface area contributed by atoms with E-state index in [9.17, 15) is 0 Å². The fourth-order valence-corrected chi connectivity index (χ4v) is 0.422. The van der Waals surface area contributed by atoms with E-state index in [1.165, 1.54) is 0 Å². The molecule has 0 fully saturated rings. The summed E-state index contributed by atoms with van der Waals surface area (Å²) in [6.45, 7) is 6.58. The Morgan fingerprint density at radius 2 is 1.88 bits per heavy atom. The molecule has 0 N–H and O–H groups in total. The molecular formula is C8H14. The molecule has 0 saturated heterocycles. The van der Waals surface area contributed by atoms with Crippen molar-refractivity contribution < 1.29 is 0 Å². The quantitative estimate of drug-likeness (QED) is 0.478. The van der Waals surface area contributed by atoms with Crippen molar-refractivity contribution in [3.8, 4) is 12.3 Å². The zero-order valence-electron chi connectivity index (χ0n) is 5.94. The summed E-state index contributed by atoms with van der Waals surface area (Å²) in [5.74, 6) is 4.06. The lowest BCUT2D eigenvalue weighted by Crippen LogP contribution is -2.01. The van der Waals surface area contributed by atoms with Crippen LogP contribution >= 0.6 is 0 Å². The third kappa shape index (κ3) is 2.69. The lowest BCUT2D eigenvalue weighted by Gasteiger charge is -2.10. The Kier molecular flexibility index (Phi) is 3.35. The second-order valence-electron chi connectivity index (χ2n) is 2.63. The molecule has 0 aliphatic rings. The maximum absolute atomic E-state index is 5.12. The molecule has 0 amide bonds. The van der Waals surface area contributed by atoms with E-state index in [1.807, 2.05) is 0 Å². The lowest BCUT2D eigenvalue weighted by atomic mass is 9.95. The first-order valence-electron chi connectivity index (χ1n) is 3.12. The van der Waals surface area contributed by atoms with Crippen LogP contribution < -0.4 is 0 Å². The van der Waals surface area contributed by atoms with Gasteiger partial charge in [-0.3, -0.25) is 0 Å². The molecule has 0 aliphatic carbocycles. The second kappa shape index (κ2) is 3.55. The van der Waals surface area contributed by atoms with Crippen molar-refractivity contribution in [1.82, 2.24) is 0 Å². The molecule has 0 radical (unpaired) electrons. The van der Waals surface area contributed by atoms with Gasteiger partial charge in [0.15, 0.2) is 0 Å². The maximum Gasteiger partial charge on any atom is 0.0114 e. The monoisotopic (exact) mass is 110 g/mol. The van der Waals surface area contributed by atoms with Crippen molar-refractivity contribution in [3.05, 3.63) is 0 Å². The van der Waals surface area contributed by atoms with Crippen molar-refractivity contribution in [2.45, 2.75) is 27.2 Å². The Morgan fingerprint density at radius 1 is 1.38 bits per heavy atom. The van der Waals surface area contributed by atoms with Gasteiger partial charge in [0.2, 0.25) is 0 Å². The molecule has 0 heteroatoms. The molecule has 0 spiro atoms. The summed E-state index contributed by atoms with van der Waals surface area (Å²) in [7, 11) is 0. The van der Waals surface area contributed by atoms with Gasteiger partial charge < -0.3 is 0 Å². The van der Waals surface area contributed by atoms with Gasteiger partial charge in [-0.15, -0.1) is 12.3 Å². The predicted molar refractivity (Wildman–Crippen MR) is 37.5 cm³/mol. The summed E-state index contributed by atoms with van der Waals surface area (Å²) in [5.41, 5.74) is 0. The van der Waals surface area contributed by atoms with E-state index in [0.29, 0.717) is 5.92 Å². The highest BCUT2D eigenvalue weighted by Crippen LogP contribution is 2.11. The first-order chi connectivity index (χ1) is 3.68. The predicted octanol–water partition coefficient (Wildman–Crippen LogP) is 2.30. The van der Waals surface area contributed by atoms with Crippen LogP contribution in [0.15, 0.2) is 0 Å². The van der Waals surface area contributed by atoms with Crippen LogP contribution in [0.25, 0.3) is 0 Å². The second-order valence-corrected chi connectivity index (χ2v) is 2.63. The fourth-order valence-electron chi connectivity index (χ4n) is 0.422. The summed E-state index contributed by atoms with van der Waals surface area (Å²) in [6.07, 6.45) is 6.03. The molecule has 1 atom stereocenters. The molecule has 0 aromatic heterocycles. The molecule has 0 rings (SSSR count). The average molecular weight is 110 g/mol. The van der Waals surface area contributed by atoms with E-state index < -0.39 is 0 Å². The molecule has 0 bridgehead atoms. The lowest BCUT2D eigenvalue weighted by molar-refractivity contribution is 0.429. The molecule has 0 saturated carbocycles. The van der Waals surface area contributed by atoms with Gasteiger partial charge in [0.05, 0.1) is 0 Å². The topological polar surface area (TPSA) is 0 Å². The van der Waals surface area contributed by atoms with E-state index in [-0.39, 0.29) is 0 Å². The standard InChI is InChI=1S/C8H14/c1-5-6-8(4)7(2)3/h1,7-8H,6H2,2-4H3. The third-order valence-electron chi connectivity index (χ3n) is 1.58. The van der Waals surface area contributed by atoms with Gasteiger partial charge in [0.25, 0.3) is 0 Å². The first-order valence-corrected chi connectivity index (χ1v) is 3.12. The average Bonchev–Trinajstić information content (AvgIpc) is 1.67. The zero-order valence-corrected chi connectivity index (χ0v) is 5.94. The van der Waals surface area contributed by atoms with Gasteiger partial charge in [0, 0.05) is 6.42 Å². The van der Waals surface area contributed by atoms with Gasteiger partial charge in [-0.05, 0) is 11.8 Å². The maximum atomic E-state index is 5.12. The van der Waals surface area contributed by atoms with Crippen molar-refractivity contribution in [3.63, 3.8) is 0 Å². The van der Waals surface area contributed by atoms with Gasteiger partial charge in [-0.1, -0.05) is 20.8 Å².